The van der Waals surface area contributed by atoms with Crippen LogP contribution >= 0.6 is 11.3 Å². The quantitative estimate of drug-likeness (QED) is 0.484. The summed E-state index contributed by atoms with van der Waals surface area (Å²) in [5.41, 5.74) is 1.90. The molecule has 1 fully saturated rings. The van der Waals surface area contributed by atoms with Crippen LogP contribution in [-0.4, -0.2) is 43.7 Å². The molecule has 31 heavy (non-hydrogen) atoms. The number of likely N-dealkylation sites (N-methyl/N-ethyl adjacent to an activating group) is 1. The third-order valence-corrected chi connectivity index (χ3v) is 6.58. The molecule has 4 rings (SSSR count). The molecule has 5 nitrogen and oxygen atoms in total. The van der Waals surface area contributed by atoms with Crippen molar-refractivity contribution in [1.82, 2.24) is 4.90 Å². The van der Waals surface area contributed by atoms with Crippen molar-refractivity contribution in [1.29, 1.82) is 0 Å². The summed E-state index contributed by atoms with van der Waals surface area (Å²) in [6.45, 7) is 6.31. The molecule has 1 aliphatic rings. The number of nitrogens with zero attached hydrogens (tertiary/aromatic N) is 3. The molecule has 2 heterocycles. The Kier molecular flexibility index (Phi) is 6.18. The van der Waals surface area contributed by atoms with Gasteiger partial charge in [-0.2, -0.15) is 0 Å². The monoisotopic (exact) mass is 435 g/mol. The molecule has 1 aliphatic heterocycles. The lowest BCUT2D eigenvalue weighted by Crippen LogP contribution is -2.47. The van der Waals surface area contributed by atoms with Gasteiger partial charge in [0.15, 0.2) is 0 Å². The highest BCUT2D eigenvalue weighted by Gasteiger charge is 2.45. The van der Waals surface area contributed by atoms with E-state index in [-0.39, 0.29) is 5.54 Å². The second-order valence-electron chi connectivity index (χ2n) is 7.91. The number of rotatable bonds is 7. The first kappa shape index (κ1) is 21.2. The van der Waals surface area contributed by atoms with Crippen LogP contribution in [0.4, 0.5) is 11.4 Å². The minimum Gasteiger partial charge on any atom is -0.497 e. The second-order valence-corrected chi connectivity index (χ2v) is 8.94. The van der Waals surface area contributed by atoms with Crippen molar-refractivity contribution in [2.24, 2.45) is 4.99 Å². The van der Waals surface area contributed by atoms with Crippen LogP contribution in [0.3, 0.4) is 0 Å². The number of aliphatic imine (C=N–C) groups is 1. The molecule has 2 aromatic carbocycles. The van der Waals surface area contributed by atoms with Crippen LogP contribution in [0.25, 0.3) is 0 Å². The van der Waals surface area contributed by atoms with Gasteiger partial charge in [-0.05, 0) is 73.8 Å². The van der Waals surface area contributed by atoms with E-state index in [9.17, 15) is 0 Å². The average molecular weight is 436 g/mol. The molecule has 0 saturated carbocycles. The molecule has 0 spiro atoms. The smallest absolute Gasteiger partial charge is 0.207 e. The molecule has 162 valence electrons. The molecule has 6 heteroatoms. The summed E-state index contributed by atoms with van der Waals surface area (Å²) in [6, 6.07) is 20.5. The van der Waals surface area contributed by atoms with Gasteiger partial charge in [0, 0.05) is 30.1 Å². The molecule has 3 aromatic rings. The van der Waals surface area contributed by atoms with E-state index in [4.69, 9.17) is 14.5 Å². The number of ether oxygens (including phenoxy) is 2. The zero-order valence-electron chi connectivity index (χ0n) is 18.5. The molecule has 1 atom stereocenters. The van der Waals surface area contributed by atoms with E-state index >= 15 is 0 Å². The van der Waals surface area contributed by atoms with Crippen molar-refractivity contribution in [2.45, 2.75) is 25.8 Å². The zero-order valence-corrected chi connectivity index (χ0v) is 19.4. The van der Waals surface area contributed by atoms with E-state index < -0.39 is 0 Å². The van der Waals surface area contributed by atoms with Crippen molar-refractivity contribution in [3.8, 4) is 11.5 Å². The summed E-state index contributed by atoms with van der Waals surface area (Å²) >= 11 is 1.81. The Morgan fingerprint density at radius 3 is 2.16 bits per heavy atom. The standard InChI is InChI=1S/C25H29N3O2S/c1-5-27-18-25(2,17-23-7-6-16-31-23)28(20-10-14-22(30-4)15-11-20)24(27)26-19-8-12-21(29-3)13-9-19/h6-16H,5,17-18H2,1-4H3. The van der Waals surface area contributed by atoms with Gasteiger partial charge < -0.3 is 19.3 Å². The lowest BCUT2D eigenvalue weighted by molar-refractivity contribution is 0.382. The van der Waals surface area contributed by atoms with Crippen molar-refractivity contribution in [3.63, 3.8) is 0 Å². The first-order valence-corrected chi connectivity index (χ1v) is 11.4. The molecule has 0 N–H and O–H groups in total. The summed E-state index contributed by atoms with van der Waals surface area (Å²) in [6.07, 6.45) is 0.953. The van der Waals surface area contributed by atoms with Crippen molar-refractivity contribution in [2.75, 3.05) is 32.2 Å². The van der Waals surface area contributed by atoms with Gasteiger partial charge in [0.2, 0.25) is 5.96 Å². The summed E-state index contributed by atoms with van der Waals surface area (Å²) < 4.78 is 10.7. The molecule has 1 aromatic heterocycles. The van der Waals surface area contributed by atoms with Crippen molar-refractivity contribution >= 4 is 28.7 Å². The Bertz CT molecular complexity index is 1020. The molecular weight excluding hydrogens is 406 g/mol. The van der Waals surface area contributed by atoms with Crippen molar-refractivity contribution in [3.05, 3.63) is 70.9 Å². The fourth-order valence-corrected chi connectivity index (χ4v) is 5.05. The Morgan fingerprint density at radius 2 is 1.61 bits per heavy atom. The molecule has 1 saturated heterocycles. The van der Waals surface area contributed by atoms with Gasteiger partial charge in [0.1, 0.15) is 11.5 Å². The van der Waals surface area contributed by atoms with E-state index in [1.807, 2.05) is 47.7 Å². The van der Waals surface area contributed by atoms with Gasteiger partial charge in [-0.1, -0.05) is 6.07 Å². The van der Waals surface area contributed by atoms with Crippen LogP contribution in [0.1, 0.15) is 18.7 Å². The minimum absolute atomic E-state index is 0.124. The third-order valence-electron chi connectivity index (χ3n) is 5.70. The van der Waals surface area contributed by atoms with Gasteiger partial charge in [0.25, 0.3) is 0 Å². The highest BCUT2D eigenvalue weighted by molar-refractivity contribution is 7.09. The number of hydrogen-bond acceptors (Lipinski definition) is 4. The number of thiophene rings is 1. The Labute approximate surface area is 188 Å². The summed E-state index contributed by atoms with van der Waals surface area (Å²) in [4.78, 5) is 11.2. The van der Waals surface area contributed by atoms with Gasteiger partial charge in [-0.15, -0.1) is 11.3 Å². The van der Waals surface area contributed by atoms with E-state index in [1.54, 1.807) is 14.2 Å². The lowest BCUT2D eigenvalue weighted by Gasteiger charge is -2.35. The summed E-state index contributed by atoms with van der Waals surface area (Å²) in [5.74, 6) is 2.65. The number of methoxy groups -OCH3 is 2. The molecule has 1 unspecified atom stereocenters. The van der Waals surface area contributed by atoms with Crippen LogP contribution in [0, 0.1) is 0 Å². The maximum Gasteiger partial charge on any atom is 0.207 e. The number of anilines is 1. The van der Waals surface area contributed by atoms with E-state index in [2.05, 4.69) is 53.3 Å². The Morgan fingerprint density at radius 1 is 0.968 bits per heavy atom. The van der Waals surface area contributed by atoms with Crippen LogP contribution < -0.4 is 14.4 Å². The first-order chi connectivity index (χ1) is 15.1. The van der Waals surface area contributed by atoms with Crippen LogP contribution in [-0.2, 0) is 6.42 Å². The van der Waals surface area contributed by atoms with Gasteiger partial charge in [0.05, 0.1) is 25.4 Å². The Balaban J connectivity index is 1.79. The minimum atomic E-state index is -0.124. The molecule has 0 aliphatic carbocycles. The van der Waals surface area contributed by atoms with Crippen LogP contribution in [0.5, 0.6) is 11.5 Å². The van der Waals surface area contributed by atoms with Gasteiger partial charge in [-0.25, -0.2) is 4.99 Å². The fraction of sp³-hybridized carbons (Fsp3) is 0.320. The largest absolute Gasteiger partial charge is 0.497 e. The number of benzene rings is 2. The predicted octanol–water partition coefficient (Wildman–Crippen LogP) is 5.60. The van der Waals surface area contributed by atoms with Gasteiger partial charge >= 0.3 is 0 Å². The molecule has 0 radical (unpaired) electrons. The first-order valence-electron chi connectivity index (χ1n) is 10.5. The summed E-state index contributed by atoms with van der Waals surface area (Å²) in [5, 5.41) is 2.15. The third kappa shape index (κ3) is 4.39. The molecular formula is C25H29N3O2S. The maximum absolute atomic E-state index is 5.39. The maximum atomic E-state index is 5.39. The topological polar surface area (TPSA) is 37.3 Å². The Hall–Kier alpha value is -2.99. The highest BCUT2D eigenvalue weighted by atomic mass is 32.1. The fourth-order valence-electron chi connectivity index (χ4n) is 4.16. The van der Waals surface area contributed by atoms with E-state index in [1.165, 1.54) is 4.88 Å². The summed E-state index contributed by atoms with van der Waals surface area (Å²) in [7, 11) is 3.37. The SMILES string of the molecule is CCN1CC(C)(Cc2cccs2)N(c2ccc(OC)cc2)C1=Nc1ccc(OC)cc1. The average Bonchev–Trinajstić information content (AvgIpc) is 3.40. The van der Waals surface area contributed by atoms with Crippen LogP contribution in [0.15, 0.2) is 71.0 Å². The van der Waals surface area contributed by atoms with E-state index in [0.29, 0.717) is 0 Å². The zero-order chi connectivity index (χ0) is 21.8. The number of guanidine groups is 1. The van der Waals surface area contributed by atoms with E-state index in [0.717, 1.165) is 48.3 Å². The predicted molar refractivity (Wildman–Crippen MR) is 129 cm³/mol. The lowest BCUT2D eigenvalue weighted by atomic mass is 9.95. The normalized spacial score (nSPS) is 19.8. The molecule has 0 bridgehead atoms. The highest BCUT2D eigenvalue weighted by Crippen LogP contribution is 2.37. The van der Waals surface area contributed by atoms with Gasteiger partial charge in [-0.3, -0.25) is 0 Å². The van der Waals surface area contributed by atoms with Crippen LogP contribution in [0.2, 0.25) is 0 Å². The molecule has 0 amide bonds. The second kappa shape index (κ2) is 9.02. The number of hydrogen-bond donors (Lipinski definition) is 0. The van der Waals surface area contributed by atoms with Crippen molar-refractivity contribution < 1.29 is 9.47 Å².